The first-order valence-corrected chi connectivity index (χ1v) is 12.4. The zero-order valence-electron chi connectivity index (χ0n) is 21.4. The van der Waals surface area contributed by atoms with Crippen LogP contribution in [0, 0.1) is 26.7 Å². The van der Waals surface area contributed by atoms with Gasteiger partial charge < -0.3 is 14.5 Å². The molecular formula is C24H35N5O4S. The smallest absolute Gasteiger partial charge is 0.410 e. The number of thiazole rings is 1. The van der Waals surface area contributed by atoms with Gasteiger partial charge in [0.25, 0.3) is 11.5 Å². The van der Waals surface area contributed by atoms with Gasteiger partial charge in [0.05, 0.1) is 17.0 Å². The summed E-state index contributed by atoms with van der Waals surface area (Å²) in [5, 5.41) is 4.77. The van der Waals surface area contributed by atoms with Crippen molar-refractivity contribution in [2.75, 3.05) is 26.7 Å². The van der Waals surface area contributed by atoms with E-state index in [9.17, 15) is 14.4 Å². The van der Waals surface area contributed by atoms with E-state index in [1.807, 2.05) is 39.5 Å². The van der Waals surface area contributed by atoms with Crippen molar-refractivity contribution in [3.63, 3.8) is 0 Å². The molecule has 0 aliphatic carbocycles. The Morgan fingerprint density at radius 1 is 1.21 bits per heavy atom. The van der Waals surface area contributed by atoms with Crippen molar-refractivity contribution in [1.82, 2.24) is 24.6 Å². The summed E-state index contributed by atoms with van der Waals surface area (Å²) in [7, 11) is 3.35. The minimum atomic E-state index is -0.548. The number of likely N-dealkylation sites (tertiary alicyclic amines) is 1. The van der Waals surface area contributed by atoms with E-state index in [0.717, 1.165) is 24.1 Å². The predicted octanol–water partition coefficient (Wildman–Crippen LogP) is 3.55. The number of carbonyl (C=O) groups excluding carboxylic acids is 2. The molecule has 0 radical (unpaired) electrons. The molecule has 1 fully saturated rings. The lowest BCUT2D eigenvalue weighted by atomic mass is 9.97. The SMILES string of the molecule is Cc1nc(-c2c(C)c(C)nn(C)c2=O)sc1C(=O)N1CCCC(CN(C)C(=O)OC(C)(C)C)C1. The quantitative estimate of drug-likeness (QED) is 0.652. The largest absolute Gasteiger partial charge is 0.444 e. The lowest BCUT2D eigenvalue weighted by Crippen LogP contribution is -2.45. The maximum absolute atomic E-state index is 13.4. The van der Waals surface area contributed by atoms with E-state index in [1.165, 1.54) is 16.0 Å². The molecule has 0 saturated carbocycles. The summed E-state index contributed by atoms with van der Waals surface area (Å²) in [5.74, 6) is 0.0893. The highest BCUT2D eigenvalue weighted by Gasteiger charge is 2.30. The second-order valence-electron chi connectivity index (χ2n) is 10.1. The predicted molar refractivity (Wildman–Crippen MR) is 132 cm³/mol. The maximum atomic E-state index is 13.4. The molecule has 0 aromatic carbocycles. The van der Waals surface area contributed by atoms with Crippen LogP contribution in [-0.4, -0.2) is 68.8 Å². The number of piperidine rings is 1. The third-order valence-corrected chi connectivity index (χ3v) is 7.14. The summed E-state index contributed by atoms with van der Waals surface area (Å²) in [5.41, 5.74) is 1.88. The van der Waals surface area contributed by atoms with Gasteiger partial charge in [-0.1, -0.05) is 0 Å². The summed E-state index contributed by atoms with van der Waals surface area (Å²) in [6.07, 6.45) is 1.45. The Hall–Kier alpha value is -2.75. The molecule has 2 aromatic rings. The normalized spacial score (nSPS) is 16.5. The molecule has 1 atom stereocenters. The van der Waals surface area contributed by atoms with E-state index >= 15 is 0 Å². The molecule has 3 rings (SSSR count). The number of aryl methyl sites for hydroxylation is 3. The highest BCUT2D eigenvalue weighted by molar-refractivity contribution is 7.17. The Morgan fingerprint density at radius 3 is 2.53 bits per heavy atom. The first-order valence-electron chi connectivity index (χ1n) is 11.5. The van der Waals surface area contributed by atoms with Crippen molar-refractivity contribution < 1.29 is 14.3 Å². The summed E-state index contributed by atoms with van der Waals surface area (Å²) in [4.78, 5) is 47.1. The minimum Gasteiger partial charge on any atom is -0.444 e. The molecule has 186 valence electrons. The summed E-state index contributed by atoms with van der Waals surface area (Å²) >= 11 is 1.26. The van der Waals surface area contributed by atoms with Crippen LogP contribution in [0.1, 0.15) is 60.2 Å². The van der Waals surface area contributed by atoms with Crippen molar-refractivity contribution in [2.45, 2.75) is 60.0 Å². The Balaban J connectivity index is 1.77. The Kier molecular flexibility index (Phi) is 7.50. The third-order valence-electron chi connectivity index (χ3n) is 5.97. The van der Waals surface area contributed by atoms with Gasteiger partial charge in [0.1, 0.15) is 15.5 Å². The van der Waals surface area contributed by atoms with Crippen molar-refractivity contribution in [3.8, 4) is 10.6 Å². The van der Waals surface area contributed by atoms with Gasteiger partial charge in [-0.2, -0.15) is 5.10 Å². The molecule has 0 bridgehead atoms. The van der Waals surface area contributed by atoms with Crippen LogP contribution < -0.4 is 5.56 Å². The molecule has 3 heterocycles. The van der Waals surface area contributed by atoms with Crippen LogP contribution in [0.15, 0.2) is 4.79 Å². The highest BCUT2D eigenvalue weighted by atomic mass is 32.1. The Labute approximate surface area is 204 Å². The van der Waals surface area contributed by atoms with E-state index < -0.39 is 5.60 Å². The van der Waals surface area contributed by atoms with Gasteiger partial charge in [-0.15, -0.1) is 11.3 Å². The van der Waals surface area contributed by atoms with Crippen LogP contribution in [0.5, 0.6) is 0 Å². The van der Waals surface area contributed by atoms with Gasteiger partial charge in [-0.25, -0.2) is 14.5 Å². The van der Waals surface area contributed by atoms with Gasteiger partial charge >= 0.3 is 6.09 Å². The minimum absolute atomic E-state index is 0.0777. The number of carbonyl (C=O) groups is 2. The first-order chi connectivity index (χ1) is 15.8. The molecular weight excluding hydrogens is 454 g/mol. The first kappa shape index (κ1) is 25.9. The zero-order valence-corrected chi connectivity index (χ0v) is 22.2. The number of ether oxygens (including phenoxy) is 1. The summed E-state index contributed by atoms with van der Waals surface area (Å²) in [6, 6.07) is 0. The fraction of sp³-hybridized carbons (Fsp3) is 0.625. The van der Waals surface area contributed by atoms with E-state index in [4.69, 9.17) is 4.74 Å². The second-order valence-corrected chi connectivity index (χ2v) is 11.1. The molecule has 0 spiro atoms. The standard InChI is InChI=1S/C24H35N5O4S/c1-14-15(2)26-28(8)21(30)18(14)20-25-16(3)19(34-20)22(31)29-11-9-10-17(13-29)12-27(7)23(32)33-24(4,5)6/h17H,9-13H2,1-8H3. The fourth-order valence-electron chi connectivity index (χ4n) is 4.15. The Bertz CT molecular complexity index is 1150. The number of aromatic nitrogens is 3. The number of rotatable bonds is 4. The molecule has 2 aromatic heterocycles. The number of nitrogens with zero attached hydrogens (tertiary/aromatic N) is 5. The fourth-order valence-corrected chi connectivity index (χ4v) is 5.27. The van der Waals surface area contributed by atoms with Gasteiger partial charge in [-0.3, -0.25) is 9.59 Å². The molecule has 1 saturated heterocycles. The molecule has 10 heteroatoms. The second kappa shape index (κ2) is 9.85. The topological polar surface area (TPSA) is 97.6 Å². The van der Waals surface area contributed by atoms with Crippen molar-refractivity contribution in [3.05, 3.63) is 32.2 Å². The van der Waals surface area contributed by atoms with Crippen molar-refractivity contribution in [1.29, 1.82) is 0 Å². The summed E-state index contributed by atoms with van der Waals surface area (Å²) < 4.78 is 6.76. The van der Waals surface area contributed by atoms with Crippen LogP contribution in [0.4, 0.5) is 4.79 Å². The van der Waals surface area contributed by atoms with Gasteiger partial charge in [-0.05, 0) is 65.9 Å². The molecule has 2 amide bonds. The molecule has 1 unspecified atom stereocenters. The molecule has 9 nitrogen and oxygen atoms in total. The van der Waals surface area contributed by atoms with Crippen molar-refractivity contribution >= 4 is 23.3 Å². The van der Waals surface area contributed by atoms with Gasteiger partial charge in [0.15, 0.2) is 0 Å². The van der Waals surface area contributed by atoms with E-state index in [0.29, 0.717) is 40.8 Å². The van der Waals surface area contributed by atoms with Crippen molar-refractivity contribution in [2.24, 2.45) is 13.0 Å². The average molecular weight is 490 g/mol. The lowest BCUT2D eigenvalue weighted by Gasteiger charge is -2.35. The van der Waals surface area contributed by atoms with Crippen LogP contribution in [0.25, 0.3) is 10.6 Å². The molecule has 1 aliphatic heterocycles. The van der Waals surface area contributed by atoms with Crippen LogP contribution in [-0.2, 0) is 11.8 Å². The molecule has 34 heavy (non-hydrogen) atoms. The van der Waals surface area contributed by atoms with E-state index in [1.54, 1.807) is 25.9 Å². The van der Waals surface area contributed by atoms with Gasteiger partial charge in [0, 0.05) is 33.7 Å². The lowest BCUT2D eigenvalue weighted by molar-refractivity contribution is 0.0244. The Morgan fingerprint density at radius 2 is 1.88 bits per heavy atom. The highest BCUT2D eigenvalue weighted by Crippen LogP contribution is 2.30. The van der Waals surface area contributed by atoms with Crippen LogP contribution in [0.3, 0.4) is 0 Å². The zero-order chi connectivity index (χ0) is 25.4. The molecule has 1 aliphatic rings. The van der Waals surface area contributed by atoms with Gasteiger partial charge in [0.2, 0.25) is 0 Å². The van der Waals surface area contributed by atoms with E-state index in [2.05, 4.69) is 10.1 Å². The van der Waals surface area contributed by atoms with Crippen LogP contribution in [0.2, 0.25) is 0 Å². The number of hydrogen-bond acceptors (Lipinski definition) is 7. The number of amides is 2. The average Bonchev–Trinajstić information content (AvgIpc) is 3.12. The third kappa shape index (κ3) is 5.65. The van der Waals surface area contributed by atoms with E-state index in [-0.39, 0.29) is 23.5 Å². The molecule has 0 N–H and O–H groups in total. The summed E-state index contributed by atoms with van der Waals surface area (Å²) in [6.45, 7) is 12.8. The maximum Gasteiger partial charge on any atom is 0.410 e. The monoisotopic (exact) mass is 489 g/mol. The van der Waals surface area contributed by atoms with Crippen LogP contribution >= 0.6 is 11.3 Å². The number of hydrogen-bond donors (Lipinski definition) is 0.